The summed E-state index contributed by atoms with van der Waals surface area (Å²) in [6, 6.07) is 2.52. The maximum absolute atomic E-state index is 4.77. The second kappa shape index (κ2) is 6.22. The number of hydrogen-bond acceptors (Lipinski definition) is 4. The third-order valence-electron chi connectivity index (χ3n) is 3.40. The van der Waals surface area contributed by atoms with Gasteiger partial charge in [-0.1, -0.05) is 27.7 Å². The van der Waals surface area contributed by atoms with Crippen molar-refractivity contribution in [2.24, 2.45) is 0 Å². The maximum atomic E-state index is 4.77. The topological polar surface area (TPSA) is 41.0 Å². The quantitative estimate of drug-likeness (QED) is 0.884. The van der Waals surface area contributed by atoms with Crippen LogP contribution in [0.3, 0.4) is 0 Å². The van der Waals surface area contributed by atoms with Gasteiger partial charge in [0.25, 0.3) is 0 Å². The Bertz CT molecular complexity index is 409. The number of nitrogens with one attached hydrogen (secondary N) is 1. The largest absolute Gasteiger partial charge is 0.373 e. The third kappa shape index (κ3) is 3.82. The van der Waals surface area contributed by atoms with Crippen LogP contribution in [-0.4, -0.2) is 29.6 Å². The van der Waals surface area contributed by atoms with Crippen molar-refractivity contribution in [3.8, 4) is 0 Å². The Morgan fingerprint density at radius 1 is 1.26 bits per heavy atom. The van der Waals surface area contributed by atoms with E-state index in [1.54, 1.807) is 0 Å². The summed E-state index contributed by atoms with van der Waals surface area (Å²) < 4.78 is 0. The summed E-state index contributed by atoms with van der Waals surface area (Å²) in [7, 11) is 1.90. The minimum absolute atomic E-state index is 0.0452. The second-order valence-corrected chi connectivity index (χ2v) is 5.98. The van der Waals surface area contributed by atoms with Gasteiger partial charge >= 0.3 is 0 Å². The van der Waals surface area contributed by atoms with E-state index >= 15 is 0 Å². The Morgan fingerprint density at radius 2 is 1.89 bits per heavy atom. The van der Waals surface area contributed by atoms with Crippen LogP contribution >= 0.6 is 0 Å². The van der Waals surface area contributed by atoms with Crippen LogP contribution in [0.1, 0.15) is 53.8 Å². The highest BCUT2D eigenvalue weighted by atomic mass is 15.2. The molecule has 108 valence electrons. The van der Waals surface area contributed by atoms with E-state index in [-0.39, 0.29) is 5.41 Å². The molecule has 0 radical (unpaired) electrons. The molecular formula is C15H28N4. The number of hydrogen-bond donors (Lipinski definition) is 1. The minimum Gasteiger partial charge on any atom is -0.373 e. The summed E-state index contributed by atoms with van der Waals surface area (Å²) in [6.07, 6.45) is 1.11. The first-order valence-corrected chi connectivity index (χ1v) is 7.17. The monoisotopic (exact) mass is 264 g/mol. The Labute approximate surface area is 117 Å². The molecule has 0 saturated heterocycles. The second-order valence-electron chi connectivity index (χ2n) is 5.98. The SMILES string of the molecule is CCC(C)N(CC)c1cc(NC)nc(C(C)(C)C)n1. The standard InChI is InChI=1S/C15H28N4/c1-8-11(3)19(9-2)13-10-12(16-7)17-14(18-13)15(4,5)6/h10-11H,8-9H2,1-7H3,(H,16,17,18). The molecule has 4 nitrogen and oxygen atoms in total. The molecule has 0 aromatic carbocycles. The van der Waals surface area contributed by atoms with Crippen molar-refractivity contribution in [2.45, 2.75) is 59.4 Å². The Kier molecular flexibility index (Phi) is 5.15. The van der Waals surface area contributed by atoms with Gasteiger partial charge in [0.15, 0.2) is 0 Å². The van der Waals surface area contributed by atoms with Crippen LogP contribution in [0.4, 0.5) is 11.6 Å². The van der Waals surface area contributed by atoms with E-state index in [1.807, 2.05) is 13.1 Å². The van der Waals surface area contributed by atoms with Crippen molar-refractivity contribution >= 4 is 11.6 Å². The smallest absolute Gasteiger partial charge is 0.138 e. The molecule has 0 spiro atoms. The highest BCUT2D eigenvalue weighted by Gasteiger charge is 2.21. The average molecular weight is 264 g/mol. The predicted molar refractivity (Wildman–Crippen MR) is 83.1 cm³/mol. The molecule has 0 aliphatic carbocycles. The Balaban J connectivity index is 3.26. The number of nitrogens with zero attached hydrogens (tertiary/aromatic N) is 3. The normalized spacial score (nSPS) is 13.2. The summed E-state index contributed by atoms with van der Waals surface area (Å²) in [5, 5.41) is 3.14. The fraction of sp³-hybridized carbons (Fsp3) is 0.733. The molecule has 0 bridgehead atoms. The van der Waals surface area contributed by atoms with Gasteiger partial charge in [-0.05, 0) is 20.3 Å². The Hall–Kier alpha value is -1.32. The molecule has 19 heavy (non-hydrogen) atoms. The summed E-state index contributed by atoms with van der Waals surface area (Å²) in [4.78, 5) is 11.7. The van der Waals surface area contributed by atoms with Crippen LogP contribution in [0.25, 0.3) is 0 Å². The summed E-state index contributed by atoms with van der Waals surface area (Å²) >= 11 is 0. The molecule has 0 aliphatic heterocycles. The van der Waals surface area contributed by atoms with Gasteiger partial charge in [0.1, 0.15) is 17.5 Å². The van der Waals surface area contributed by atoms with Crippen LogP contribution in [-0.2, 0) is 5.41 Å². The number of aromatic nitrogens is 2. The molecule has 1 atom stereocenters. The van der Waals surface area contributed by atoms with Gasteiger partial charge < -0.3 is 10.2 Å². The van der Waals surface area contributed by atoms with Crippen LogP contribution in [0, 0.1) is 0 Å². The summed E-state index contributed by atoms with van der Waals surface area (Å²) in [5.74, 6) is 2.79. The summed E-state index contributed by atoms with van der Waals surface area (Å²) in [6.45, 7) is 14.0. The molecule has 4 heteroatoms. The van der Waals surface area contributed by atoms with Gasteiger partial charge in [0.05, 0.1) is 0 Å². The number of anilines is 2. The average Bonchev–Trinajstić information content (AvgIpc) is 2.37. The van der Waals surface area contributed by atoms with Crippen LogP contribution < -0.4 is 10.2 Å². The predicted octanol–water partition coefficient (Wildman–Crippen LogP) is 3.44. The van der Waals surface area contributed by atoms with Gasteiger partial charge in [-0.2, -0.15) is 0 Å². The lowest BCUT2D eigenvalue weighted by atomic mass is 9.95. The lowest BCUT2D eigenvalue weighted by Crippen LogP contribution is -2.34. The maximum Gasteiger partial charge on any atom is 0.138 e. The summed E-state index contributed by atoms with van der Waals surface area (Å²) in [5.41, 5.74) is -0.0452. The molecule has 0 fully saturated rings. The van der Waals surface area contributed by atoms with Gasteiger partial charge in [0.2, 0.25) is 0 Å². The minimum atomic E-state index is -0.0452. The van der Waals surface area contributed by atoms with Crippen LogP contribution in [0.5, 0.6) is 0 Å². The van der Waals surface area contributed by atoms with E-state index in [9.17, 15) is 0 Å². The highest BCUT2D eigenvalue weighted by molar-refractivity contribution is 5.50. The molecule has 0 saturated carbocycles. The van der Waals surface area contributed by atoms with Crippen molar-refractivity contribution in [3.63, 3.8) is 0 Å². The first kappa shape index (κ1) is 15.7. The van der Waals surface area contributed by atoms with Crippen molar-refractivity contribution in [1.29, 1.82) is 0 Å². The van der Waals surface area contributed by atoms with Crippen molar-refractivity contribution in [1.82, 2.24) is 9.97 Å². The van der Waals surface area contributed by atoms with Gasteiger partial charge in [0, 0.05) is 31.1 Å². The third-order valence-corrected chi connectivity index (χ3v) is 3.40. The fourth-order valence-corrected chi connectivity index (χ4v) is 1.96. The van der Waals surface area contributed by atoms with Crippen LogP contribution in [0.2, 0.25) is 0 Å². The van der Waals surface area contributed by atoms with E-state index < -0.39 is 0 Å². The highest BCUT2D eigenvalue weighted by Crippen LogP contribution is 2.25. The molecule has 0 amide bonds. The van der Waals surface area contributed by atoms with E-state index in [1.165, 1.54) is 0 Å². The molecule has 1 N–H and O–H groups in total. The lowest BCUT2D eigenvalue weighted by molar-refractivity contribution is 0.540. The molecule has 1 unspecified atom stereocenters. The molecule has 0 aliphatic rings. The Morgan fingerprint density at radius 3 is 2.32 bits per heavy atom. The molecule has 1 aromatic heterocycles. The zero-order valence-electron chi connectivity index (χ0n) is 13.4. The van der Waals surface area contributed by atoms with Crippen LogP contribution in [0.15, 0.2) is 6.07 Å². The van der Waals surface area contributed by atoms with Gasteiger partial charge in [-0.3, -0.25) is 0 Å². The molecule has 1 rings (SSSR count). The number of rotatable bonds is 5. The van der Waals surface area contributed by atoms with E-state index in [0.717, 1.165) is 30.4 Å². The zero-order valence-corrected chi connectivity index (χ0v) is 13.4. The first-order chi connectivity index (χ1) is 8.83. The van der Waals surface area contributed by atoms with Crippen molar-refractivity contribution < 1.29 is 0 Å². The molecular weight excluding hydrogens is 236 g/mol. The van der Waals surface area contributed by atoms with E-state index in [4.69, 9.17) is 4.98 Å². The van der Waals surface area contributed by atoms with Crippen molar-refractivity contribution in [3.05, 3.63) is 11.9 Å². The molecule has 1 aromatic rings. The lowest BCUT2D eigenvalue weighted by Gasteiger charge is -2.30. The zero-order chi connectivity index (χ0) is 14.6. The van der Waals surface area contributed by atoms with E-state index in [0.29, 0.717) is 6.04 Å². The van der Waals surface area contributed by atoms with Gasteiger partial charge in [-0.25, -0.2) is 9.97 Å². The fourth-order valence-electron chi connectivity index (χ4n) is 1.96. The molecule has 1 heterocycles. The van der Waals surface area contributed by atoms with Crippen molar-refractivity contribution in [2.75, 3.05) is 23.8 Å². The van der Waals surface area contributed by atoms with E-state index in [2.05, 4.69) is 56.7 Å². The first-order valence-electron chi connectivity index (χ1n) is 7.17. The van der Waals surface area contributed by atoms with Gasteiger partial charge in [-0.15, -0.1) is 0 Å².